The van der Waals surface area contributed by atoms with Crippen LogP contribution in [0.25, 0.3) is 0 Å². The molecule has 15 heavy (non-hydrogen) atoms. The number of rotatable bonds is 4. The second kappa shape index (κ2) is 6.08. The van der Waals surface area contributed by atoms with Crippen molar-refractivity contribution in [2.75, 3.05) is 6.54 Å². The summed E-state index contributed by atoms with van der Waals surface area (Å²) in [6.45, 7) is 2.57. The van der Waals surface area contributed by atoms with Gasteiger partial charge in [-0.3, -0.25) is 4.79 Å². The highest BCUT2D eigenvalue weighted by Crippen LogP contribution is 2.17. The van der Waals surface area contributed by atoms with Crippen LogP contribution >= 0.6 is 0 Å². The first kappa shape index (κ1) is 12.5. The number of nitrogens with one attached hydrogen (secondary N) is 1. The Bertz CT molecular complexity index is 200. The highest BCUT2D eigenvalue weighted by Gasteiger charge is 2.20. The smallest absolute Gasteiger partial charge is 0.220 e. The molecule has 0 heterocycles. The molecule has 0 saturated heterocycles. The Labute approximate surface area is 91.8 Å². The van der Waals surface area contributed by atoms with Gasteiger partial charge in [-0.25, -0.2) is 0 Å². The molecule has 0 bridgehead atoms. The van der Waals surface area contributed by atoms with E-state index in [0.717, 1.165) is 25.7 Å². The van der Waals surface area contributed by atoms with Crippen LogP contribution in [0, 0.1) is 5.92 Å². The van der Waals surface area contributed by atoms with Gasteiger partial charge in [0.05, 0.1) is 0 Å². The third-order valence-corrected chi connectivity index (χ3v) is 3.07. The van der Waals surface area contributed by atoms with Crippen molar-refractivity contribution >= 4 is 5.91 Å². The van der Waals surface area contributed by atoms with Gasteiger partial charge in [-0.15, -0.1) is 0 Å². The fourth-order valence-corrected chi connectivity index (χ4v) is 1.95. The van der Waals surface area contributed by atoms with E-state index in [1.165, 1.54) is 0 Å². The first-order valence-corrected chi connectivity index (χ1v) is 5.86. The molecular formula is C11H23N3O. The van der Waals surface area contributed by atoms with Gasteiger partial charge in [0.15, 0.2) is 0 Å². The lowest BCUT2D eigenvalue weighted by Crippen LogP contribution is -2.41. The number of carbonyl (C=O) groups excluding carboxylic acids is 1. The van der Waals surface area contributed by atoms with Crippen molar-refractivity contribution in [1.29, 1.82) is 0 Å². The fraction of sp³-hybridized carbons (Fsp3) is 0.909. The fourth-order valence-electron chi connectivity index (χ4n) is 1.95. The Hall–Kier alpha value is -0.610. The third-order valence-electron chi connectivity index (χ3n) is 3.07. The van der Waals surface area contributed by atoms with Crippen molar-refractivity contribution in [3.05, 3.63) is 0 Å². The van der Waals surface area contributed by atoms with E-state index in [1.54, 1.807) is 0 Å². The SMILES string of the molecule is CC(CN)CC(=O)NC1CCC(N)CC1. The van der Waals surface area contributed by atoms with Gasteiger partial charge >= 0.3 is 0 Å². The highest BCUT2D eigenvalue weighted by atomic mass is 16.1. The van der Waals surface area contributed by atoms with E-state index in [2.05, 4.69) is 5.32 Å². The Morgan fingerprint density at radius 3 is 2.53 bits per heavy atom. The van der Waals surface area contributed by atoms with Crippen LogP contribution in [0.1, 0.15) is 39.0 Å². The van der Waals surface area contributed by atoms with Crippen LogP contribution < -0.4 is 16.8 Å². The molecule has 1 atom stereocenters. The number of nitrogens with two attached hydrogens (primary N) is 2. The van der Waals surface area contributed by atoms with Crippen molar-refractivity contribution in [1.82, 2.24) is 5.32 Å². The molecular weight excluding hydrogens is 190 g/mol. The van der Waals surface area contributed by atoms with Crippen LogP contribution in [0.5, 0.6) is 0 Å². The summed E-state index contributed by atoms with van der Waals surface area (Å²) in [6, 6.07) is 0.670. The first-order valence-electron chi connectivity index (χ1n) is 5.86. The summed E-state index contributed by atoms with van der Waals surface area (Å²) in [6.07, 6.45) is 4.63. The van der Waals surface area contributed by atoms with Gasteiger partial charge in [0.1, 0.15) is 0 Å². The van der Waals surface area contributed by atoms with Crippen molar-refractivity contribution in [3.63, 3.8) is 0 Å². The molecule has 4 nitrogen and oxygen atoms in total. The summed E-state index contributed by atoms with van der Waals surface area (Å²) in [4.78, 5) is 11.6. The Morgan fingerprint density at radius 1 is 1.40 bits per heavy atom. The molecule has 1 saturated carbocycles. The van der Waals surface area contributed by atoms with Crippen molar-refractivity contribution in [3.8, 4) is 0 Å². The summed E-state index contributed by atoms with van der Waals surface area (Å²) >= 11 is 0. The van der Waals surface area contributed by atoms with Crippen LogP contribution in [-0.4, -0.2) is 24.5 Å². The maximum atomic E-state index is 11.6. The highest BCUT2D eigenvalue weighted by molar-refractivity contribution is 5.76. The molecule has 1 amide bonds. The summed E-state index contributed by atoms with van der Waals surface area (Å²) < 4.78 is 0. The summed E-state index contributed by atoms with van der Waals surface area (Å²) in [5.74, 6) is 0.407. The average molecular weight is 213 g/mol. The second-order valence-corrected chi connectivity index (χ2v) is 4.72. The Kier molecular flexibility index (Phi) is 5.05. The van der Waals surface area contributed by atoms with E-state index < -0.39 is 0 Å². The predicted molar refractivity (Wildman–Crippen MR) is 61.2 cm³/mol. The molecule has 1 rings (SSSR count). The van der Waals surface area contributed by atoms with Gasteiger partial charge in [-0.1, -0.05) is 6.92 Å². The Balaban J connectivity index is 2.20. The predicted octanol–water partition coefficient (Wildman–Crippen LogP) is 0.357. The molecule has 0 radical (unpaired) electrons. The molecule has 4 heteroatoms. The maximum absolute atomic E-state index is 11.6. The van der Waals surface area contributed by atoms with Crippen LogP contribution in [0.3, 0.4) is 0 Å². The lowest BCUT2D eigenvalue weighted by molar-refractivity contribution is -0.122. The molecule has 0 aliphatic heterocycles. The molecule has 5 N–H and O–H groups in total. The van der Waals surface area contributed by atoms with Gasteiger partial charge in [-0.2, -0.15) is 0 Å². The van der Waals surface area contributed by atoms with Gasteiger partial charge in [-0.05, 0) is 38.1 Å². The topological polar surface area (TPSA) is 81.1 Å². The molecule has 0 aromatic heterocycles. The number of carbonyl (C=O) groups is 1. The number of hydrogen-bond donors (Lipinski definition) is 3. The van der Waals surface area contributed by atoms with E-state index in [0.29, 0.717) is 25.0 Å². The zero-order valence-corrected chi connectivity index (χ0v) is 9.54. The molecule has 0 aromatic carbocycles. The van der Waals surface area contributed by atoms with Crippen LogP contribution in [0.15, 0.2) is 0 Å². The maximum Gasteiger partial charge on any atom is 0.220 e. The first-order chi connectivity index (χ1) is 7.11. The monoisotopic (exact) mass is 213 g/mol. The van der Waals surface area contributed by atoms with Crippen molar-refractivity contribution < 1.29 is 4.79 Å². The van der Waals surface area contributed by atoms with Crippen molar-refractivity contribution in [2.24, 2.45) is 17.4 Å². The van der Waals surface area contributed by atoms with E-state index in [-0.39, 0.29) is 11.8 Å². The average Bonchev–Trinajstić information content (AvgIpc) is 2.21. The minimum Gasteiger partial charge on any atom is -0.353 e. The van der Waals surface area contributed by atoms with Gasteiger partial charge in [0.2, 0.25) is 5.91 Å². The lowest BCUT2D eigenvalue weighted by atomic mass is 9.91. The van der Waals surface area contributed by atoms with E-state index in [4.69, 9.17) is 11.5 Å². The second-order valence-electron chi connectivity index (χ2n) is 4.72. The zero-order valence-electron chi connectivity index (χ0n) is 9.54. The van der Waals surface area contributed by atoms with Crippen LogP contribution in [-0.2, 0) is 4.79 Å². The molecule has 1 unspecified atom stereocenters. The molecule has 88 valence electrons. The van der Waals surface area contributed by atoms with Gasteiger partial charge in [0, 0.05) is 18.5 Å². The quantitative estimate of drug-likeness (QED) is 0.630. The molecule has 0 aromatic rings. The normalized spacial score (nSPS) is 28.5. The summed E-state index contributed by atoms with van der Waals surface area (Å²) in [7, 11) is 0. The van der Waals surface area contributed by atoms with E-state index >= 15 is 0 Å². The largest absolute Gasteiger partial charge is 0.353 e. The number of hydrogen-bond acceptors (Lipinski definition) is 3. The number of amides is 1. The minimum absolute atomic E-state index is 0.133. The third kappa shape index (κ3) is 4.62. The van der Waals surface area contributed by atoms with E-state index in [9.17, 15) is 4.79 Å². The summed E-state index contributed by atoms with van der Waals surface area (Å²) in [5, 5.41) is 3.05. The lowest BCUT2D eigenvalue weighted by Gasteiger charge is -2.27. The standard InChI is InChI=1S/C11H23N3O/c1-8(7-12)6-11(15)14-10-4-2-9(13)3-5-10/h8-10H,2-7,12-13H2,1H3,(H,14,15). The molecule has 1 fully saturated rings. The Morgan fingerprint density at radius 2 is 2.00 bits per heavy atom. The minimum atomic E-state index is 0.133. The van der Waals surface area contributed by atoms with Crippen molar-refractivity contribution in [2.45, 2.75) is 51.1 Å². The molecule has 0 spiro atoms. The van der Waals surface area contributed by atoms with Crippen LogP contribution in [0.4, 0.5) is 0 Å². The molecule has 1 aliphatic carbocycles. The van der Waals surface area contributed by atoms with Gasteiger partial charge < -0.3 is 16.8 Å². The van der Waals surface area contributed by atoms with Gasteiger partial charge in [0.25, 0.3) is 0 Å². The van der Waals surface area contributed by atoms with E-state index in [1.807, 2.05) is 6.92 Å². The van der Waals surface area contributed by atoms with Crippen LogP contribution in [0.2, 0.25) is 0 Å². The zero-order chi connectivity index (χ0) is 11.3. The molecule has 1 aliphatic rings. The summed E-state index contributed by atoms with van der Waals surface area (Å²) in [5.41, 5.74) is 11.3.